The van der Waals surface area contributed by atoms with E-state index in [1.54, 1.807) is 18.3 Å². The number of nitrogens with zero attached hydrogens (tertiary/aromatic N) is 3. The maximum atomic E-state index is 12.6. The monoisotopic (exact) mass is 390 g/mol. The number of benzene rings is 2. The molecule has 29 heavy (non-hydrogen) atoms. The highest BCUT2D eigenvalue weighted by molar-refractivity contribution is 5.94. The van der Waals surface area contributed by atoms with E-state index in [1.165, 1.54) is 35.0 Å². The SMILES string of the molecule is Cc1ccc(Cn2cccc(C(=O)N/N=C\c3ccccc3[N+](=O)[O-])c2=O)cc1. The van der Waals surface area contributed by atoms with E-state index >= 15 is 0 Å². The first-order chi connectivity index (χ1) is 14.0. The predicted octanol–water partition coefficient (Wildman–Crippen LogP) is 2.88. The Balaban J connectivity index is 1.75. The van der Waals surface area contributed by atoms with E-state index in [1.807, 2.05) is 31.2 Å². The zero-order valence-corrected chi connectivity index (χ0v) is 15.6. The molecule has 0 aliphatic heterocycles. The summed E-state index contributed by atoms with van der Waals surface area (Å²) in [4.78, 5) is 35.4. The molecule has 3 rings (SSSR count). The average Bonchev–Trinajstić information content (AvgIpc) is 2.71. The Morgan fingerprint density at radius 1 is 1.14 bits per heavy atom. The number of nitro groups is 1. The summed E-state index contributed by atoms with van der Waals surface area (Å²) in [7, 11) is 0. The third-order valence-electron chi connectivity index (χ3n) is 4.24. The molecule has 0 aliphatic carbocycles. The van der Waals surface area contributed by atoms with Gasteiger partial charge in [-0.15, -0.1) is 0 Å². The fraction of sp³-hybridized carbons (Fsp3) is 0.0952. The van der Waals surface area contributed by atoms with Gasteiger partial charge in [-0.05, 0) is 30.7 Å². The lowest BCUT2D eigenvalue weighted by molar-refractivity contribution is -0.385. The second-order valence-corrected chi connectivity index (χ2v) is 6.36. The third-order valence-corrected chi connectivity index (χ3v) is 4.24. The van der Waals surface area contributed by atoms with E-state index < -0.39 is 16.4 Å². The number of amides is 1. The number of rotatable bonds is 6. The Morgan fingerprint density at radius 2 is 1.86 bits per heavy atom. The van der Waals surface area contributed by atoms with E-state index in [9.17, 15) is 19.7 Å². The van der Waals surface area contributed by atoms with Crippen LogP contribution in [0, 0.1) is 17.0 Å². The summed E-state index contributed by atoms with van der Waals surface area (Å²) in [5.74, 6) is -0.692. The number of pyridine rings is 1. The van der Waals surface area contributed by atoms with E-state index in [0.29, 0.717) is 6.54 Å². The molecular weight excluding hydrogens is 372 g/mol. The number of aromatic nitrogens is 1. The first kappa shape index (κ1) is 19.7. The van der Waals surface area contributed by atoms with E-state index in [-0.39, 0.29) is 16.8 Å². The highest BCUT2D eigenvalue weighted by Gasteiger charge is 2.13. The molecule has 2 aromatic carbocycles. The van der Waals surface area contributed by atoms with E-state index in [2.05, 4.69) is 10.5 Å². The quantitative estimate of drug-likeness (QED) is 0.397. The highest BCUT2D eigenvalue weighted by Crippen LogP contribution is 2.15. The number of nitrogens with one attached hydrogen (secondary N) is 1. The largest absolute Gasteiger partial charge is 0.310 e. The van der Waals surface area contributed by atoms with Crippen molar-refractivity contribution in [3.05, 3.63) is 110 Å². The van der Waals surface area contributed by atoms with Crippen LogP contribution in [0.5, 0.6) is 0 Å². The predicted molar refractivity (Wildman–Crippen MR) is 109 cm³/mol. The van der Waals surface area contributed by atoms with Crippen molar-refractivity contribution in [3.63, 3.8) is 0 Å². The number of para-hydroxylation sites is 1. The van der Waals surface area contributed by atoms with Gasteiger partial charge in [-0.2, -0.15) is 5.10 Å². The zero-order chi connectivity index (χ0) is 20.8. The zero-order valence-electron chi connectivity index (χ0n) is 15.6. The van der Waals surface area contributed by atoms with Gasteiger partial charge in [-0.1, -0.05) is 42.0 Å². The van der Waals surface area contributed by atoms with E-state index in [4.69, 9.17) is 0 Å². The lowest BCUT2D eigenvalue weighted by Gasteiger charge is -2.08. The van der Waals surface area contributed by atoms with Crippen molar-refractivity contribution in [1.29, 1.82) is 0 Å². The number of hydrogen-bond donors (Lipinski definition) is 1. The van der Waals surface area contributed by atoms with Crippen LogP contribution >= 0.6 is 0 Å². The molecule has 1 N–H and O–H groups in total. The standard InChI is InChI=1S/C21H18N4O4/c1-15-8-10-16(11-9-15)14-24-12-4-6-18(21(24)27)20(26)23-22-13-17-5-2-3-7-19(17)25(28)29/h2-13H,14H2,1H3,(H,23,26)/b22-13-. The molecule has 0 unspecified atom stereocenters. The van der Waals surface area contributed by atoms with Gasteiger partial charge in [0, 0.05) is 12.3 Å². The lowest BCUT2D eigenvalue weighted by atomic mass is 10.1. The van der Waals surface area contributed by atoms with Crippen LogP contribution in [0.2, 0.25) is 0 Å². The number of carbonyl (C=O) groups excluding carboxylic acids is 1. The van der Waals surface area contributed by atoms with Crippen LogP contribution in [0.3, 0.4) is 0 Å². The molecule has 0 atom stereocenters. The number of nitro benzene ring substituents is 1. The number of carbonyl (C=O) groups is 1. The van der Waals surface area contributed by atoms with Crippen molar-refractivity contribution in [2.45, 2.75) is 13.5 Å². The van der Waals surface area contributed by atoms with Crippen LogP contribution in [0.25, 0.3) is 0 Å². The second-order valence-electron chi connectivity index (χ2n) is 6.36. The number of hydrazone groups is 1. The minimum Gasteiger partial charge on any atom is -0.310 e. The van der Waals surface area contributed by atoms with Crippen molar-refractivity contribution in [3.8, 4) is 0 Å². The highest BCUT2D eigenvalue weighted by atomic mass is 16.6. The molecule has 0 aliphatic rings. The first-order valence-corrected chi connectivity index (χ1v) is 8.77. The molecule has 0 bridgehead atoms. The van der Waals surface area contributed by atoms with Gasteiger partial charge in [0.1, 0.15) is 5.56 Å². The molecule has 8 nitrogen and oxygen atoms in total. The number of aryl methyl sites for hydroxylation is 1. The topological polar surface area (TPSA) is 107 Å². The van der Waals surface area contributed by atoms with Gasteiger partial charge in [-0.3, -0.25) is 19.7 Å². The third kappa shape index (κ3) is 4.81. The maximum absolute atomic E-state index is 12.6. The Bertz CT molecular complexity index is 1130. The van der Waals surface area contributed by atoms with E-state index in [0.717, 1.165) is 11.1 Å². The lowest BCUT2D eigenvalue weighted by Crippen LogP contribution is -2.30. The normalized spacial score (nSPS) is 10.8. The molecule has 0 radical (unpaired) electrons. The Labute approximate surface area is 166 Å². The molecule has 0 saturated carbocycles. The fourth-order valence-electron chi connectivity index (χ4n) is 2.71. The van der Waals surface area contributed by atoms with Crippen molar-refractivity contribution in [1.82, 2.24) is 9.99 Å². The van der Waals surface area contributed by atoms with Crippen LogP contribution in [0.1, 0.15) is 27.0 Å². The molecule has 0 spiro atoms. The minimum absolute atomic E-state index is 0.0701. The molecule has 8 heteroatoms. The van der Waals surface area contributed by atoms with Crippen LogP contribution in [0.4, 0.5) is 5.69 Å². The van der Waals surface area contributed by atoms with Crippen molar-refractivity contribution < 1.29 is 9.72 Å². The van der Waals surface area contributed by atoms with Gasteiger partial charge in [0.15, 0.2) is 0 Å². The van der Waals surface area contributed by atoms with Crippen molar-refractivity contribution in [2.24, 2.45) is 5.10 Å². The average molecular weight is 390 g/mol. The fourth-order valence-corrected chi connectivity index (χ4v) is 2.71. The second kappa shape index (κ2) is 8.75. The smallest absolute Gasteiger partial charge is 0.278 e. The van der Waals surface area contributed by atoms with Crippen LogP contribution in [-0.4, -0.2) is 21.6 Å². The molecule has 146 valence electrons. The van der Waals surface area contributed by atoms with Crippen LogP contribution in [0.15, 0.2) is 76.8 Å². The summed E-state index contributed by atoms with van der Waals surface area (Å²) in [5, 5.41) is 14.8. The molecular formula is C21H18N4O4. The summed E-state index contributed by atoms with van der Waals surface area (Å²) in [5.41, 5.74) is 3.88. The Hall–Kier alpha value is -4.07. The summed E-state index contributed by atoms with van der Waals surface area (Å²) >= 11 is 0. The van der Waals surface area contributed by atoms with Gasteiger partial charge in [0.25, 0.3) is 17.2 Å². The molecule has 0 fully saturated rings. The minimum atomic E-state index is -0.692. The summed E-state index contributed by atoms with van der Waals surface area (Å²) in [6, 6.07) is 16.8. The summed E-state index contributed by atoms with van der Waals surface area (Å²) in [6.07, 6.45) is 2.78. The summed E-state index contributed by atoms with van der Waals surface area (Å²) in [6.45, 7) is 2.31. The van der Waals surface area contributed by atoms with Crippen LogP contribution < -0.4 is 11.0 Å². The molecule has 3 aromatic rings. The first-order valence-electron chi connectivity index (χ1n) is 8.77. The van der Waals surface area contributed by atoms with Gasteiger partial charge in [0.05, 0.1) is 23.2 Å². The molecule has 1 aromatic heterocycles. The molecule has 1 amide bonds. The van der Waals surface area contributed by atoms with Crippen molar-refractivity contribution >= 4 is 17.8 Å². The van der Waals surface area contributed by atoms with Gasteiger partial charge < -0.3 is 4.57 Å². The maximum Gasteiger partial charge on any atom is 0.278 e. The van der Waals surface area contributed by atoms with Gasteiger partial charge >= 0.3 is 0 Å². The molecule has 0 saturated heterocycles. The Morgan fingerprint density at radius 3 is 2.59 bits per heavy atom. The van der Waals surface area contributed by atoms with Crippen molar-refractivity contribution in [2.75, 3.05) is 0 Å². The van der Waals surface area contributed by atoms with Crippen LogP contribution in [-0.2, 0) is 6.54 Å². The van der Waals surface area contributed by atoms with Gasteiger partial charge in [0.2, 0.25) is 0 Å². The summed E-state index contributed by atoms with van der Waals surface area (Å²) < 4.78 is 1.44. The number of hydrogen-bond acceptors (Lipinski definition) is 5. The van der Waals surface area contributed by atoms with Gasteiger partial charge in [-0.25, -0.2) is 5.43 Å². The Kier molecular flexibility index (Phi) is 5.94. The molecule has 1 heterocycles.